The van der Waals surface area contributed by atoms with E-state index in [1.165, 1.54) is 51.7 Å². The number of esters is 1. The van der Waals surface area contributed by atoms with E-state index in [4.69, 9.17) is 18.9 Å². The summed E-state index contributed by atoms with van der Waals surface area (Å²) in [5, 5.41) is 4.40. The number of thioether (sulfide) groups is 1. The maximum absolute atomic E-state index is 14.7. The van der Waals surface area contributed by atoms with Gasteiger partial charge in [-0.3, -0.25) is 4.79 Å². The van der Waals surface area contributed by atoms with Crippen molar-refractivity contribution in [2.45, 2.75) is 12.0 Å². The van der Waals surface area contributed by atoms with Crippen molar-refractivity contribution in [2.24, 2.45) is 5.10 Å². The molecule has 1 aliphatic heterocycles. The van der Waals surface area contributed by atoms with Crippen LogP contribution < -0.4 is 14.2 Å². The number of nitrogens with zero attached hydrogens (tertiary/aromatic N) is 2. The van der Waals surface area contributed by atoms with Crippen LogP contribution in [0.1, 0.15) is 42.8 Å². The zero-order valence-corrected chi connectivity index (χ0v) is 24.8. The molecule has 45 heavy (non-hydrogen) atoms. The molecule has 0 bridgehead atoms. The molecular weight excluding hydrogens is 616 g/mol. The quantitative estimate of drug-likeness (QED) is 0.146. The lowest BCUT2D eigenvalue weighted by molar-refractivity contribution is 0.0599. The Morgan fingerprint density at radius 2 is 1.58 bits per heavy atom. The molecule has 0 aliphatic carbocycles. The Balaban J connectivity index is 1.52. The zero-order valence-electron chi connectivity index (χ0n) is 24.0. The van der Waals surface area contributed by atoms with Gasteiger partial charge in [0.15, 0.2) is 11.5 Å². The molecule has 0 fully saturated rings. The van der Waals surface area contributed by atoms with E-state index in [1.54, 1.807) is 30.3 Å². The fraction of sp³-hybridized carbons (Fsp3) is 0.156. The highest BCUT2D eigenvalue weighted by Crippen LogP contribution is 2.48. The third kappa shape index (κ3) is 6.58. The van der Waals surface area contributed by atoms with Crippen LogP contribution in [0, 0.1) is 23.3 Å². The Morgan fingerprint density at radius 3 is 2.22 bits per heavy atom. The van der Waals surface area contributed by atoms with E-state index in [2.05, 4.69) is 5.10 Å². The number of methoxy groups -OCH3 is 3. The number of carbonyl (C=O) groups is 2. The predicted octanol–water partition coefficient (Wildman–Crippen LogP) is 6.88. The van der Waals surface area contributed by atoms with Crippen molar-refractivity contribution in [3.8, 4) is 17.2 Å². The number of hydrogen-bond donors (Lipinski definition) is 0. The van der Waals surface area contributed by atoms with Crippen LogP contribution in [-0.4, -0.2) is 43.3 Å². The predicted molar refractivity (Wildman–Crippen MR) is 157 cm³/mol. The molecule has 8 nitrogen and oxygen atoms in total. The molecule has 4 aromatic rings. The minimum Gasteiger partial charge on any atom is -0.497 e. The van der Waals surface area contributed by atoms with Gasteiger partial charge in [-0.25, -0.2) is 27.4 Å². The van der Waals surface area contributed by atoms with Crippen molar-refractivity contribution in [3.05, 3.63) is 124 Å². The summed E-state index contributed by atoms with van der Waals surface area (Å²) in [4.78, 5) is 25.7. The number of halogens is 4. The van der Waals surface area contributed by atoms with Crippen molar-refractivity contribution in [1.29, 1.82) is 0 Å². The molecule has 4 aromatic carbocycles. The van der Waals surface area contributed by atoms with Crippen LogP contribution in [0.3, 0.4) is 0 Å². The second-order valence-electron chi connectivity index (χ2n) is 9.51. The summed E-state index contributed by atoms with van der Waals surface area (Å²) in [6.45, 7) is -0.0369. The van der Waals surface area contributed by atoms with Gasteiger partial charge in [-0.1, -0.05) is 23.9 Å². The van der Waals surface area contributed by atoms with E-state index < -0.39 is 46.1 Å². The van der Waals surface area contributed by atoms with E-state index in [0.29, 0.717) is 34.6 Å². The first-order valence-electron chi connectivity index (χ1n) is 13.2. The Hall–Kier alpha value is -5.04. The summed E-state index contributed by atoms with van der Waals surface area (Å²) >= 11 is 1.04. The first-order valence-corrected chi connectivity index (χ1v) is 14.1. The summed E-state index contributed by atoms with van der Waals surface area (Å²) in [5.74, 6) is -5.42. The monoisotopic (exact) mass is 640 g/mol. The number of hydrogen-bond acceptors (Lipinski definition) is 8. The van der Waals surface area contributed by atoms with Crippen LogP contribution in [0.4, 0.5) is 17.6 Å². The average Bonchev–Trinajstić information content (AvgIpc) is 3.48. The molecule has 0 radical (unpaired) electrons. The molecule has 232 valence electrons. The van der Waals surface area contributed by atoms with Gasteiger partial charge in [0.25, 0.3) is 5.91 Å². The summed E-state index contributed by atoms with van der Waals surface area (Å²) < 4.78 is 78.6. The first-order chi connectivity index (χ1) is 21.6. The van der Waals surface area contributed by atoms with Crippen LogP contribution in [0.5, 0.6) is 17.2 Å². The highest BCUT2D eigenvalue weighted by Gasteiger charge is 2.39. The molecule has 1 unspecified atom stereocenters. The van der Waals surface area contributed by atoms with Gasteiger partial charge in [-0.15, -0.1) is 0 Å². The zero-order chi connectivity index (χ0) is 32.2. The maximum atomic E-state index is 14.7. The van der Waals surface area contributed by atoms with Gasteiger partial charge in [-0.05, 0) is 54.1 Å². The molecule has 1 heterocycles. The standard InChI is InChI=1S/C32H24F4N2O6S/c1-41-22-12-17(11-19(13-22)32(40)43-3)16-44-26-6-4-5-23(28(26)42-2)31-38(30(39)27-24(35)14-21(34)15-25(27)36)37-29(45-31)18-7-9-20(33)10-8-18/h4-15,31H,16H2,1-3H3. The van der Waals surface area contributed by atoms with Crippen molar-refractivity contribution in [1.82, 2.24) is 5.01 Å². The van der Waals surface area contributed by atoms with Gasteiger partial charge < -0.3 is 18.9 Å². The molecule has 13 heteroatoms. The lowest BCUT2D eigenvalue weighted by Crippen LogP contribution is -2.28. The fourth-order valence-electron chi connectivity index (χ4n) is 4.57. The van der Waals surface area contributed by atoms with Gasteiger partial charge in [0.05, 0.1) is 26.9 Å². The molecule has 5 rings (SSSR count). The topological polar surface area (TPSA) is 86.7 Å². The fourth-order valence-corrected chi connectivity index (χ4v) is 5.75. The van der Waals surface area contributed by atoms with Gasteiger partial charge in [0.1, 0.15) is 51.6 Å². The van der Waals surface area contributed by atoms with Gasteiger partial charge in [-0.2, -0.15) is 5.10 Å². The summed E-state index contributed by atoms with van der Waals surface area (Å²) in [5.41, 5.74) is 0.597. The van der Waals surface area contributed by atoms with Crippen LogP contribution >= 0.6 is 11.8 Å². The second kappa shape index (κ2) is 13.3. The Kier molecular flexibility index (Phi) is 9.28. The smallest absolute Gasteiger partial charge is 0.337 e. The van der Waals surface area contributed by atoms with E-state index in [-0.39, 0.29) is 28.7 Å². The number of ether oxygens (including phenoxy) is 4. The highest BCUT2D eigenvalue weighted by molar-refractivity contribution is 8.14. The number of para-hydroxylation sites is 1. The van der Waals surface area contributed by atoms with Crippen molar-refractivity contribution in [2.75, 3.05) is 21.3 Å². The Labute approximate surface area is 259 Å². The molecule has 0 saturated carbocycles. The third-order valence-electron chi connectivity index (χ3n) is 6.66. The molecule has 0 saturated heterocycles. The van der Waals surface area contributed by atoms with E-state index in [1.807, 2.05) is 0 Å². The molecule has 0 N–H and O–H groups in total. The van der Waals surface area contributed by atoms with E-state index in [0.717, 1.165) is 16.8 Å². The molecule has 1 aliphatic rings. The minimum absolute atomic E-state index is 0.0369. The van der Waals surface area contributed by atoms with Gasteiger partial charge >= 0.3 is 5.97 Å². The molecule has 0 spiro atoms. The first kappa shape index (κ1) is 31.4. The molecule has 1 atom stereocenters. The van der Waals surface area contributed by atoms with Gasteiger partial charge in [0, 0.05) is 23.3 Å². The largest absolute Gasteiger partial charge is 0.497 e. The Bertz CT molecular complexity index is 1780. The third-order valence-corrected chi connectivity index (χ3v) is 7.88. The van der Waals surface area contributed by atoms with Crippen molar-refractivity contribution < 1.29 is 46.1 Å². The Morgan fingerprint density at radius 1 is 0.867 bits per heavy atom. The number of carbonyl (C=O) groups excluding carboxylic acids is 2. The molecule has 0 aromatic heterocycles. The highest BCUT2D eigenvalue weighted by atomic mass is 32.2. The maximum Gasteiger partial charge on any atom is 0.337 e. The number of amides is 1. The lowest BCUT2D eigenvalue weighted by Gasteiger charge is -2.24. The van der Waals surface area contributed by atoms with Crippen molar-refractivity contribution in [3.63, 3.8) is 0 Å². The second-order valence-corrected chi connectivity index (χ2v) is 10.6. The number of hydrazone groups is 1. The minimum atomic E-state index is -1.40. The van der Waals surface area contributed by atoms with E-state index >= 15 is 0 Å². The van der Waals surface area contributed by atoms with Crippen molar-refractivity contribution >= 4 is 28.7 Å². The summed E-state index contributed by atoms with van der Waals surface area (Å²) in [6.07, 6.45) is 0. The average molecular weight is 641 g/mol. The molecule has 1 amide bonds. The van der Waals surface area contributed by atoms with Gasteiger partial charge in [0.2, 0.25) is 0 Å². The summed E-state index contributed by atoms with van der Waals surface area (Å²) in [7, 11) is 4.08. The normalized spacial score (nSPS) is 14.2. The summed E-state index contributed by atoms with van der Waals surface area (Å²) in [6, 6.07) is 15.7. The SMILES string of the molecule is COC(=O)c1cc(COc2cccc(C3SC(c4ccc(F)cc4)=NN3C(=O)c3c(F)cc(F)cc3F)c2OC)cc(OC)c1. The van der Waals surface area contributed by atoms with Crippen LogP contribution in [0.25, 0.3) is 0 Å². The number of benzene rings is 4. The van der Waals surface area contributed by atoms with Crippen LogP contribution in [0.15, 0.2) is 77.9 Å². The molecular formula is C32H24F4N2O6S. The van der Waals surface area contributed by atoms with Crippen LogP contribution in [0.2, 0.25) is 0 Å². The van der Waals surface area contributed by atoms with Crippen LogP contribution in [-0.2, 0) is 11.3 Å². The lowest BCUT2D eigenvalue weighted by atomic mass is 10.1. The van der Waals surface area contributed by atoms with E-state index in [9.17, 15) is 27.2 Å². The number of rotatable bonds is 9.